The van der Waals surface area contributed by atoms with Crippen molar-refractivity contribution in [2.24, 2.45) is 11.8 Å². The fraction of sp³-hybridized carbons (Fsp3) is 1.00. The zero-order valence-electron chi connectivity index (χ0n) is 6.86. The molecule has 0 aromatic carbocycles. The molecule has 0 radical (unpaired) electrons. The van der Waals surface area contributed by atoms with Crippen LogP contribution in [0.2, 0.25) is 0 Å². The van der Waals surface area contributed by atoms with E-state index in [0.717, 1.165) is 26.3 Å². The number of likely N-dealkylation sites (N-methyl/N-ethyl adjacent to an activating group) is 1. The van der Waals surface area contributed by atoms with Crippen molar-refractivity contribution < 1.29 is 9.84 Å². The third-order valence-electron chi connectivity index (χ3n) is 2.79. The van der Waals surface area contributed by atoms with Crippen molar-refractivity contribution in [2.75, 3.05) is 33.4 Å². The maximum atomic E-state index is 9.63. The molecule has 64 valence electrons. The summed E-state index contributed by atoms with van der Waals surface area (Å²) in [6.45, 7) is 3.50. The molecule has 3 atom stereocenters. The average molecular weight is 157 g/mol. The van der Waals surface area contributed by atoms with E-state index in [9.17, 15) is 5.11 Å². The molecule has 0 aliphatic carbocycles. The van der Waals surface area contributed by atoms with Crippen LogP contribution in [0.1, 0.15) is 0 Å². The molecule has 2 heterocycles. The SMILES string of the molecule is CN1CC(O)C2COCC2C1. The summed E-state index contributed by atoms with van der Waals surface area (Å²) >= 11 is 0. The van der Waals surface area contributed by atoms with Gasteiger partial charge in [0.05, 0.1) is 19.3 Å². The van der Waals surface area contributed by atoms with Gasteiger partial charge in [-0.1, -0.05) is 0 Å². The van der Waals surface area contributed by atoms with Crippen LogP contribution in [0.15, 0.2) is 0 Å². The second kappa shape index (κ2) is 2.73. The highest BCUT2D eigenvalue weighted by molar-refractivity contribution is 4.88. The van der Waals surface area contributed by atoms with E-state index in [1.807, 2.05) is 0 Å². The smallest absolute Gasteiger partial charge is 0.0721 e. The van der Waals surface area contributed by atoms with Crippen molar-refractivity contribution in [1.29, 1.82) is 0 Å². The van der Waals surface area contributed by atoms with Crippen molar-refractivity contribution >= 4 is 0 Å². The lowest BCUT2D eigenvalue weighted by atomic mass is 9.87. The molecule has 11 heavy (non-hydrogen) atoms. The Morgan fingerprint density at radius 1 is 1.36 bits per heavy atom. The van der Waals surface area contributed by atoms with Gasteiger partial charge in [0, 0.05) is 24.9 Å². The average Bonchev–Trinajstić information content (AvgIpc) is 2.34. The fourth-order valence-corrected chi connectivity index (χ4v) is 2.16. The lowest BCUT2D eigenvalue weighted by molar-refractivity contribution is 0.0143. The van der Waals surface area contributed by atoms with Crippen molar-refractivity contribution in [3.63, 3.8) is 0 Å². The Bertz CT molecular complexity index is 151. The first-order valence-corrected chi connectivity index (χ1v) is 4.21. The largest absolute Gasteiger partial charge is 0.391 e. The molecule has 3 nitrogen and oxygen atoms in total. The number of ether oxygens (including phenoxy) is 1. The first kappa shape index (κ1) is 7.53. The maximum absolute atomic E-state index is 9.63. The number of fused-ring (bicyclic) bond motifs is 1. The van der Waals surface area contributed by atoms with E-state index in [2.05, 4.69) is 11.9 Å². The summed E-state index contributed by atoms with van der Waals surface area (Å²) in [5.41, 5.74) is 0. The zero-order valence-corrected chi connectivity index (χ0v) is 6.86. The Morgan fingerprint density at radius 2 is 2.18 bits per heavy atom. The van der Waals surface area contributed by atoms with Gasteiger partial charge in [0.15, 0.2) is 0 Å². The van der Waals surface area contributed by atoms with E-state index in [1.165, 1.54) is 0 Å². The molecule has 2 aliphatic heterocycles. The molecule has 0 saturated carbocycles. The quantitative estimate of drug-likeness (QED) is 0.517. The van der Waals surface area contributed by atoms with Gasteiger partial charge in [-0.15, -0.1) is 0 Å². The molecular weight excluding hydrogens is 142 g/mol. The Hall–Kier alpha value is -0.120. The highest BCUT2D eigenvalue weighted by Crippen LogP contribution is 2.28. The molecule has 1 N–H and O–H groups in total. The van der Waals surface area contributed by atoms with E-state index in [-0.39, 0.29) is 6.10 Å². The number of nitrogens with zero attached hydrogens (tertiary/aromatic N) is 1. The molecular formula is C8H15NO2. The van der Waals surface area contributed by atoms with E-state index < -0.39 is 0 Å². The summed E-state index contributed by atoms with van der Waals surface area (Å²) in [4.78, 5) is 2.18. The number of aliphatic hydroxyl groups excluding tert-OH is 1. The predicted molar refractivity (Wildman–Crippen MR) is 41.3 cm³/mol. The summed E-state index contributed by atoms with van der Waals surface area (Å²) in [6, 6.07) is 0. The molecule has 2 aliphatic rings. The first-order chi connectivity index (χ1) is 5.27. The number of β-amino-alcohol motifs (C(OH)–C–C–N with tert-alkyl or cyclic N) is 1. The lowest BCUT2D eigenvalue weighted by Crippen LogP contribution is -2.47. The van der Waals surface area contributed by atoms with E-state index in [4.69, 9.17) is 4.74 Å². The van der Waals surface area contributed by atoms with Crippen LogP contribution >= 0.6 is 0 Å². The van der Waals surface area contributed by atoms with Crippen molar-refractivity contribution in [1.82, 2.24) is 4.90 Å². The van der Waals surface area contributed by atoms with Gasteiger partial charge in [0.25, 0.3) is 0 Å². The van der Waals surface area contributed by atoms with Gasteiger partial charge < -0.3 is 14.7 Å². The minimum absolute atomic E-state index is 0.166. The number of rotatable bonds is 0. The standard InChI is InChI=1S/C8H15NO2/c1-9-2-6-4-11-5-7(6)8(10)3-9/h6-8,10H,2-5H2,1H3. The summed E-state index contributed by atoms with van der Waals surface area (Å²) in [5.74, 6) is 0.981. The molecule has 0 bridgehead atoms. The molecule has 2 saturated heterocycles. The second-order valence-corrected chi connectivity index (χ2v) is 3.75. The molecule has 0 amide bonds. The third kappa shape index (κ3) is 1.28. The van der Waals surface area contributed by atoms with Crippen LogP contribution in [0.4, 0.5) is 0 Å². The number of piperidine rings is 1. The molecule has 0 aromatic rings. The van der Waals surface area contributed by atoms with Gasteiger partial charge in [-0.25, -0.2) is 0 Å². The van der Waals surface area contributed by atoms with Gasteiger partial charge in [0.1, 0.15) is 0 Å². The molecule has 3 unspecified atom stereocenters. The Morgan fingerprint density at radius 3 is 3.00 bits per heavy atom. The van der Waals surface area contributed by atoms with Crippen molar-refractivity contribution in [3.8, 4) is 0 Å². The number of likely N-dealkylation sites (tertiary alicyclic amines) is 1. The molecule has 3 heteroatoms. The lowest BCUT2D eigenvalue weighted by Gasteiger charge is -2.35. The number of hydrogen-bond donors (Lipinski definition) is 1. The van der Waals surface area contributed by atoms with Gasteiger partial charge in [-0.3, -0.25) is 0 Å². The van der Waals surface area contributed by atoms with Crippen LogP contribution in [0.5, 0.6) is 0 Å². The van der Waals surface area contributed by atoms with Crippen LogP contribution < -0.4 is 0 Å². The normalized spacial score (nSPS) is 45.8. The molecule has 0 spiro atoms. The second-order valence-electron chi connectivity index (χ2n) is 3.75. The maximum Gasteiger partial charge on any atom is 0.0721 e. The Kier molecular flexibility index (Phi) is 1.87. The van der Waals surface area contributed by atoms with Crippen LogP contribution in [0.3, 0.4) is 0 Å². The third-order valence-corrected chi connectivity index (χ3v) is 2.79. The van der Waals surface area contributed by atoms with E-state index in [1.54, 1.807) is 0 Å². The van der Waals surface area contributed by atoms with Crippen LogP contribution in [0, 0.1) is 11.8 Å². The van der Waals surface area contributed by atoms with Crippen molar-refractivity contribution in [2.45, 2.75) is 6.10 Å². The molecule has 0 aromatic heterocycles. The van der Waals surface area contributed by atoms with Crippen LogP contribution in [-0.4, -0.2) is 49.5 Å². The minimum Gasteiger partial charge on any atom is -0.391 e. The highest BCUT2D eigenvalue weighted by atomic mass is 16.5. The summed E-state index contributed by atoms with van der Waals surface area (Å²) in [5, 5.41) is 9.63. The molecule has 2 rings (SSSR count). The summed E-state index contributed by atoms with van der Waals surface area (Å²) in [6.07, 6.45) is -0.166. The number of aliphatic hydroxyl groups is 1. The monoisotopic (exact) mass is 157 g/mol. The zero-order chi connectivity index (χ0) is 7.84. The Balaban J connectivity index is 2.04. The van der Waals surface area contributed by atoms with Gasteiger partial charge in [-0.05, 0) is 7.05 Å². The minimum atomic E-state index is -0.166. The van der Waals surface area contributed by atoms with Gasteiger partial charge in [0.2, 0.25) is 0 Å². The van der Waals surface area contributed by atoms with Crippen LogP contribution in [0.25, 0.3) is 0 Å². The molecule has 2 fully saturated rings. The fourth-order valence-electron chi connectivity index (χ4n) is 2.16. The van der Waals surface area contributed by atoms with E-state index in [0.29, 0.717) is 11.8 Å². The van der Waals surface area contributed by atoms with Gasteiger partial charge in [-0.2, -0.15) is 0 Å². The van der Waals surface area contributed by atoms with Crippen molar-refractivity contribution in [3.05, 3.63) is 0 Å². The van der Waals surface area contributed by atoms with E-state index >= 15 is 0 Å². The first-order valence-electron chi connectivity index (χ1n) is 4.21. The van der Waals surface area contributed by atoms with Crippen LogP contribution in [-0.2, 0) is 4.74 Å². The summed E-state index contributed by atoms with van der Waals surface area (Å²) in [7, 11) is 2.05. The number of hydrogen-bond acceptors (Lipinski definition) is 3. The topological polar surface area (TPSA) is 32.7 Å². The Labute approximate surface area is 66.9 Å². The van der Waals surface area contributed by atoms with Gasteiger partial charge >= 0.3 is 0 Å². The predicted octanol–water partition coefficient (Wildman–Crippen LogP) is -0.445. The highest BCUT2D eigenvalue weighted by Gasteiger charge is 2.38. The summed E-state index contributed by atoms with van der Waals surface area (Å²) < 4.78 is 5.32.